The number of hydrogen-bond acceptors (Lipinski definition) is 2. The second-order valence-electron chi connectivity index (χ2n) is 0.853. The van der Waals surface area contributed by atoms with E-state index in [2.05, 4.69) is 5.73 Å². The first-order chi connectivity index (χ1) is 2.77. The Morgan fingerprint density at radius 1 is 2.00 bits per heavy atom. The summed E-state index contributed by atoms with van der Waals surface area (Å²) in [6, 6.07) is 0. The second-order valence-corrected chi connectivity index (χ2v) is 0.853. The molecule has 0 spiro atoms. The van der Waals surface area contributed by atoms with Crippen LogP contribution in [-0.2, 0) is 4.79 Å². The Balaban J connectivity index is 2.83. The quantitative estimate of drug-likeness (QED) is 0.473. The smallest absolute Gasteiger partial charge is 0.220 e. The predicted molar refractivity (Wildman–Crippen MR) is 20.0 cm³/mol. The number of rotatable bonds is 2. The predicted octanol–water partition coefficient (Wildman–Crippen LogP) is -0.604. The van der Waals surface area contributed by atoms with Gasteiger partial charge in [-0.25, -0.2) is 0 Å². The molecule has 6 heavy (non-hydrogen) atoms. The maximum atomic E-state index is 9.63. The lowest BCUT2D eigenvalue weighted by molar-refractivity contribution is -0.117. The fourth-order valence-corrected chi connectivity index (χ4v) is 0.0900. The Kier molecular flexibility index (Phi) is 2.40. The van der Waals surface area contributed by atoms with Crippen molar-refractivity contribution < 1.29 is 9.90 Å². The molecule has 0 fully saturated rings. The molecule has 0 aromatic heterocycles. The third-order valence-electron chi connectivity index (χ3n) is 0.292. The van der Waals surface area contributed by atoms with E-state index in [1.165, 1.54) is 0 Å². The van der Waals surface area contributed by atoms with Crippen LogP contribution in [0.5, 0.6) is 0 Å². The zero-order valence-electron chi connectivity index (χ0n) is 3.22. The number of aliphatic hydroxyl groups excluding tert-OH is 1. The van der Waals surface area contributed by atoms with E-state index in [0.29, 0.717) is 0 Å². The molecule has 3 heteroatoms. The Morgan fingerprint density at radius 2 is 2.50 bits per heavy atom. The summed E-state index contributed by atoms with van der Waals surface area (Å²) in [6.07, 6.45) is -0.0556. The standard InChI is InChI=1S/C3H6NO2/c4-3(6)1-2-5/h2,5H,1H2,(H2,4,6). The van der Waals surface area contributed by atoms with E-state index in [4.69, 9.17) is 5.11 Å². The van der Waals surface area contributed by atoms with Crippen molar-refractivity contribution >= 4 is 5.91 Å². The molecule has 0 aromatic carbocycles. The van der Waals surface area contributed by atoms with Crippen molar-refractivity contribution in [1.29, 1.82) is 0 Å². The van der Waals surface area contributed by atoms with Crippen LogP contribution in [0.1, 0.15) is 6.42 Å². The molecular weight excluding hydrogens is 82.0 g/mol. The summed E-state index contributed by atoms with van der Waals surface area (Å²) >= 11 is 0. The maximum Gasteiger partial charge on any atom is 0.220 e. The third-order valence-corrected chi connectivity index (χ3v) is 0.292. The number of primary amides is 1. The van der Waals surface area contributed by atoms with Gasteiger partial charge in [0.1, 0.15) is 0 Å². The molecule has 0 aliphatic rings. The number of amides is 1. The summed E-state index contributed by atoms with van der Waals surface area (Å²) in [4.78, 5) is 9.63. The van der Waals surface area contributed by atoms with E-state index in [9.17, 15) is 4.79 Å². The molecular formula is C3H6NO2. The Bertz CT molecular complexity index is 52.8. The molecule has 0 heterocycles. The van der Waals surface area contributed by atoms with Gasteiger partial charge in [-0.1, -0.05) is 0 Å². The van der Waals surface area contributed by atoms with Crippen molar-refractivity contribution in [3.8, 4) is 0 Å². The monoisotopic (exact) mass is 88.0 g/mol. The van der Waals surface area contributed by atoms with Gasteiger partial charge in [0.2, 0.25) is 5.91 Å². The van der Waals surface area contributed by atoms with Crippen LogP contribution in [0.4, 0.5) is 0 Å². The van der Waals surface area contributed by atoms with Crippen LogP contribution in [0, 0.1) is 6.61 Å². The average Bonchev–Trinajstić information content (AvgIpc) is 1.35. The van der Waals surface area contributed by atoms with Crippen molar-refractivity contribution in [2.24, 2.45) is 5.73 Å². The highest BCUT2D eigenvalue weighted by atomic mass is 16.3. The summed E-state index contributed by atoms with van der Waals surface area (Å²) in [5, 5.41) is 7.81. The van der Waals surface area contributed by atoms with Crippen LogP contribution in [0.15, 0.2) is 0 Å². The number of nitrogens with two attached hydrogens (primary N) is 1. The minimum absolute atomic E-state index is 0.0556. The van der Waals surface area contributed by atoms with Crippen molar-refractivity contribution in [2.75, 3.05) is 0 Å². The molecule has 0 saturated heterocycles. The van der Waals surface area contributed by atoms with Crippen molar-refractivity contribution in [3.05, 3.63) is 6.61 Å². The van der Waals surface area contributed by atoms with Crippen LogP contribution in [0.3, 0.4) is 0 Å². The molecule has 0 unspecified atom stereocenters. The van der Waals surface area contributed by atoms with Crippen LogP contribution >= 0.6 is 0 Å². The van der Waals surface area contributed by atoms with E-state index in [1.54, 1.807) is 0 Å². The fraction of sp³-hybridized carbons (Fsp3) is 0.333. The van der Waals surface area contributed by atoms with Gasteiger partial charge in [-0.2, -0.15) is 0 Å². The molecule has 0 aliphatic carbocycles. The molecule has 3 nitrogen and oxygen atoms in total. The zero-order chi connectivity index (χ0) is 4.99. The molecule has 0 saturated carbocycles. The van der Waals surface area contributed by atoms with E-state index in [0.717, 1.165) is 6.61 Å². The van der Waals surface area contributed by atoms with Crippen molar-refractivity contribution in [3.63, 3.8) is 0 Å². The highest BCUT2D eigenvalue weighted by molar-refractivity contribution is 5.74. The molecule has 0 aliphatic heterocycles. The molecule has 1 radical (unpaired) electrons. The highest BCUT2D eigenvalue weighted by Crippen LogP contribution is 1.73. The van der Waals surface area contributed by atoms with Gasteiger partial charge in [-0.3, -0.25) is 4.79 Å². The summed E-state index contributed by atoms with van der Waals surface area (Å²) in [6.45, 7) is 0.725. The minimum Gasteiger partial charge on any atom is -0.390 e. The third kappa shape index (κ3) is 3.43. The van der Waals surface area contributed by atoms with Crippen LogP contribution in [0.25, 0.3) is 0 Å². The Morgan fingerprint density at radius 3 is 2.50 bits per heavy atom. The lowest BCUT2D eigenvalue weighted by Crippen LogP contribution is -2.09. The number of aliphatic hydroxyl groups is 1. The van der Waals surface area contributed by atoms with Crippen LogP contribution < -0.4 is 5.73 Å². The van der Waals surface area contributed by atoms with E-state index in [1.807, 2.05) is 0 Å². The van der Waals surface area contributed by atoms with E-state index < -0.39 is 5.91 Å². The molecule has 35 valence electrons. The van der Waals surface area contributed by atoms with Crippen LogP contribution in [0.2, 0.25) is 0 Å². The van der Waals surface area contributed by atoms with Gasteiger partial charge >= 0.3 is 0 Å². The van der Waals surface area contributed by atoms with E-state index >= 15 is 0 Å². The van der Waals surface area contributed by atoms with Gasteiger partial charge in [0.05, 0.1) is 13.0 Å². The lowest BCUT2D eigenvalue weighted by Gasteiger charge is -1.80. The summed E-state index contributed by atoms with van der Waals surface area (Å²) in [5.41, 5.74) is 4.57. The summed E-state index contributed by atoms with van der Waals surface area (Å²) in [7, 11) is 0. The minimum atomic E-state index is -0.516. The van der Waals surface area contributed by atoms with Gasteiger partial charge in [0.15, 0.2) is 0 Å². The first-order valence-corrected chi connectivity index (χ1v) is 1.51. The van der Waals surface area contributed by atoms with Crippen molar-refractivity contribution in [1.82, 2.24) is 0 Å². The fourth-order valence-electron chi connectivity index (χ4n) is 0.0900. The normalized spacial score (nSPS) is 8.17. The first-order valence-electron chi connectivity index (χ1n) is 1.51. The second kappa shape index (κ2) is 2.66. The molecule has 1 amide bonds. The Hall–Kier alpha value is -0.570. The largest absolute Gasteiger partial charge is 0.390 e. The van der Waals surface area contributed by atoms with Crippen molar-refractivity contribution in [2.45, 2.75) is 6.42 Å². The van der Waals surface area contributed by atoms with Gasteiger partial charge in [-0.05, 0) is 0 Å². The average molecular weight is 88.1 g/mol. The van der Waals surface area contributed by atoms with Gasteiger partial charge in [-0.15, -0.1) is 0 Å². The summed E-state index contributed by atoms with van der Waals surface area (Å²) in [5.74, 6) is -0.516. The molecule has 0 bridgehead atoms. The number of carbonyl (C=O) groups is 1. The topological polar surface area (TPSA) is 63.3 Å². The molecule has 0 atom stereocenters. The molecule has 3 N–H and O–H groups in total. The molecule has 0 rings (SSSR count). The van der Waals surface area contributed by atoms with E-state index in [-0.39, 0.29) is 6.42 Å². The van der Waals surface area contributed by atoms with Gasteiger partial charge in [0, 0.05) is 0 Å². The molecule has 0 aromatic rings. The van der Waals surface area contributed by atoms with Gasteiger partial charge < -0.3 is 10.8 Å². The Labute approximate surface area is 35.8 Å². The van der Waals surface area contributed by atoms with Gasteiger partial charge in [0.25, 0.3) is 0 Å². The first kappa shape index (κ1) is 5.43. The number of carbonyl (C=O) groups excluding carboxylic acids is 1. The SMILES string of the molecule is NC(=O)C[CH]O. The lowest BCUT2D eigenvalue weighted by atomic mass is 10.4. The highest BCUT2D eigenvalue weighted by Gasteiger charge is 1.86. The summed E-state index contributed by atoms with van der Waals surface area (Å²) < 4.78 is 0. The number of hydrogen-bond donors (Lipinski definition) is 2. The maximum absolute atomic E-state index is 9.63. The zero-order valence-corrected chi connectivity index (χ0v) is 3.22. The van der Waals surface area contributed by atoms with Crippen LogP contribution in [-0.4, -0.2) is 11.0 Å².